The molecule has 0 bridgehead atoms. The highest BCUT2D eigenvalue weighted by molar-refractivity contribution is 7.03. The normalized spacial score (nSPS) is 15.9. The van der Waals surface area contributed by atoms with Crippen molar-refractivity contribution in [2.24, 2.45) is 5.92 Å². The van der Waals surface area contributed by atoms with Crippen LogP contribution in [0.3, 0.4) is 0 Å². The molecule has 0 saturated carbocycles. The first-order valence-corrected chi connectivity index (χ1v) is 5.02. The highest BCUT2D eigenvalue weighted by atomic mass is 32.1. The van der Waals surface area contributed by atoms with Crippen molar-refractivity contribution in [1.82, 2.24) is 9.59 Å². The van der Waals surface area contributed by atoms with Crippen molar-refractivity contribution in [1.29, 1.82) is 0 Å². The van der Waals surface area contributed by atoms with Crippen LogP contribution in [0.2, 0.25) is 0 Å². The molecule has 0 spiro atoms. The summed E-state index contributed by atoms with van der Waals surface area (Å²) in [4.78, 5) is 0. The smallest absolute Gasteiger partial charge is 0.104 e. The van der Waals surface area contributed by atoms with Crippen LogP contribution < -0.4 is 0 Å². The molecular weight excluding hydrogens is 172 g/mol. The summed E-state index contributed by atoms with van der Waals surface area (Å²) in [5.41, 5.74) is 0.709. The summed E-state index contributed by atoms with van der Waals surface area (Å²) >= 11 is 1.28. The van der Waals surface area contributed by atoms with Gasteiger partial charge in [-0.2, -0.15) is 0 Å². The molecule has 12 heavy (non-hydrogen) atoms. The summed E-state index contributed by atoms with van der Waals surface area (Å²) in [6.45, 7) is 4.25. The highest BCUT2D eigenvalue weighted by Gasteiger charge is 2.13. The molecule has 0 fully saturated rings. The van der Waals surface area contributed by atoms with Gasteiger partial charge < -0.3 is 5.11 Å². The SMILES string of the molecule is CCC(C)CC(O)c1csnn1. The van der Waals surface area contributed by atoms with Gasteiger partial charge in [0.2, 0.25) is 0 Å². The Morgan fingerprint density at radius 1 is 1.67 bits per heavy atom. The molecule has 1 rings (SSSR count). The first-order chi connectivity index (χ1) is 5.74. The Bertz CT molecular complexity index is 213. The molecule has 2 unspecified atom stereocenters. The molecule has 1 aromatic heterocycles. The van der Waals surface area contributed by atoms with E-state index in [-0.39, 0.29) is 0 Å². The predicted molar refractivity (Wildman–Crippen MR) is 48.9 cm³/mol. The highest BCUT2D eigenvalue weighted by Crippen LogP contribution is 2.21. The Morgan fingerprint density at radius 2 is 2.42 bits per heavy atom. The molecule has 0 aromatic carbocycles. The van der Waals surface area contributed by atoms with E-state index in [0.717, 1.165) is 12.8 Å². The van der Waals surface area contributed by atoms with Crippen LogP contribution in [0.15, 0.2) is 5.38 Å². The number of hydrogen-bond acceptors (Lipinski definition) is 4. The van der Waals surface area contributed by atoms with Gasteiger partial charge in [0.1, 0.15) is 5.69 Å². The van der Waals surface area contributed by atoms with Gasteiger partial charge >= 0.3 is 0 Å². The average molecular weight is 186 g/mol. The second-order valence-corrected chi connectivity index (χ2v) is 3.70. The van der Waals surface area contributed by atoms with Crippen LogP contribution >= 0.6 is 11.5 Å². The lowest BCUT2D eigenvalue weighted by atomic mass is 10.00. The third-order valence-electron chi connectivity index (χ3n) is 2.04. The lowest BCUT2D eigenvalue weighted by Gasteiger charge is -2.11. The maximum Gasteiger partial charge on any atom is 0.104 e. The molecule has 1 N–H and O–H groups in total. The molecule has 0 amide bonds. The molecule has 1 aromatic rings. The molecule has 0 aliphatic heterocycles. The molecular formula is C8H14N2OS. The minimum absolute atomic E-state index is 0.432. The maximum absolute atomic E-state index is 9.62. The van der Waals surface area contributed by atoms with Gasteiger partial charge in [-0.25, -0.2) is 0 Å². The molecule has 0 aliphatic carbocycles. The lowest BCUT2D eigenvalue weighted by Crippen LogP contribution is -2.04. The molecule has 2 atom stereocenters. The number of hydrogen-bond donors (Lipinski definition) is 1. The number of aliphatic hydroxyl groups is 1. The van der Waals surface area contributed by atoms with Crippen molar-refractivity contribution >= 4 is 11.5 Å². The maximum atomic E-state index is 9.62. The van der Waals surface area contributed by atoms with Crippen molar-refractivity contribution in [3.05, 3.63) is 11.1 Å². The molecule has 3 nitrogen and oxygen atoms in total. The summed E-state index contributed by atoms with van der Waals surface area (Å²) in [5, 5.41) is 15.2. The number of aromatic nitrogens is 2. The third-order valence-corrected chi connectivity index (χ3v) is 2.56. The average Bonchev–Trinajstić information content (AvgIpc) is 2.56. The summed E-state index contributed by atoms with van der Waals surface area (Å²) < 4.78 is 3.71. The topological polar surface area (TPSA) is 46.0 Å². The number of aliphatic hydroxyl groups excluding tert-OH is 1. The van der Waals surface area contributed by atoms with E-state index in [4.69, 9.17) is 0 Å². The fourth-order valence-electron chi connectivity index (χ4n) is 0.986. The zero-order valence-corrected chi connectivity index (χ0v) is 8.21. The van der Waals surface area contributed by atoms with E-state index in [0.29, 0.717) is 11.6 Å². The quantitative estimate of drug-likeness (QED) is 0.782. The largest absolute Gasteiger partial charge is 0.387 e. The molecule has 0 saturated heterocycles. The number of rotatable bonds is 4. The van der Waals surface area contributed by atoms with Crippen LogP contribution in [0.25, 0.3) is 0 Å². The lowest BCUT2D eigenvalue weighted by molar-refractivity contribution is 0.142. The van der Waals surface area contributed by atoms with Gasteiger partial charge in [0.05, 0.1) is 6.10 Å². The van der Waals surface area contributed by atoms with Gasteiger partial charge in [-0.3, -0.25) is 0 Å². The zero-order chi connectivity index (χ0) is 8.97. The Morgan fingerprint density at radius 3 is 2.92 bits per heavy atom. The first-order valence-electron chi connectivity index (χ1n) is 4.19. The Kier molecular flexibility index (Phi) is 3.62. The fourth-order valence-corrected chi connectivity index (χ4v) is 1.49. The van der Waals surface area contributed by atoms with E-state index in [1.807, 2.05) is 0 Å². The summed E-state index contributed by atoms with van der Waals surface area (Å²) in [7, 11) is 0. The van der Waals surface area contributed by atoms with E-state index >= 15 is 0 Å². The van der Waals surface area contributed by atoms with E-state index < -0.39 is 6.10 Å². The summed E-state index contributed by atoms with van der Waals surface area (Å²) in [6.07, 6.45) is 1.44. The minimum Gasteiger partial charge on any atom is -0.387 e. The molecule has 4 heteroatoms. The van der Waals surface area contributed by atoms with Crippen LogP contribution in [0.4, 0.5) is 0 Å². The predicted octanol–water partition coefficient (Wildman–Crippen LogP) is 2.01. The van der Waals surface area contributed by atoms with Crippen molar-refractivity contribution < 1.29 is 5.11 Å². The van der Waals surface area contributed by atoms with Crippen molar-refractivity contribution in [2.75, 3.05) is 0 Å². The summed E-state index contributed by atoms with van der Waals surface area (Å²) in [6, 6.07) is 0. The standard InChI is InChI=1S/C8H14N2OS/c1-3-6(2)4-8(11)7-5-12-10-9-7/h5-6,8,11H,3-4H2,1-2H3. The van der Waals surface area contributed by atoms with Crippen LogP contribution in [0, 0.1) is 5.92 Å². The van der Waals surface area contributed by atoms with Crippen molar-refractivity contribution in [3.8, 4) is 0 Å². The Balaban J connectivity index is 2.44. The third kappa shape index (κ3) is 2.53. The van der Waals surface area contributed by atoms with Crippen LogP contribution in [0.1, 0.15) is 38.5 Å². The minimum atomic E-state index is -0.432. The Labute approximate surface area is 76.6 Å². The molecule has 1 heterocycles. The van der Waals surface area contributed by atoms with E-state index in [1.54, 1.807) is 5.38 Å². The second kappa shape index (κ2) is 4.52. The van der Waals surface area contributed by atoms with E-state index in [9.17, 15) is 5.11 Å². The van der Waals surface area contributed by atoms with Gasteiger partial charge in [-0.05, 0) is 23.9 Å². The van der Waals surface area contributed by atoms with Gasteiger partial charge in [0, 0.05) is 5.38 Å². The molecule has 68 valence electrons. The first kappa shape index (κ1) is 9.61. The molecule has 0 radical (unpaired) electrons. The van der Waals surface area contributed by atoms with E-state index in [1.165, 1.54) is 11.5 Å². The zero-order valence-electron chi connectivity index (χ0n) is 7.40. The van der Waals surface area contributed by atoms with Gasteiger partial charge in [-0.1, -0.05) is 24.8 Å². The van der Waals surface area contributed by atoms with Crippen LogP contribution in [-0.4, -0.2) is 14.7 Å². The number of nitrogens with zero attached hydrogens (tertiary/aromatic N) is 2. The summed E-state index contributed by atoms with van der Waals surface area (Å²) in [5.74, 6) is 0.543. The van der Waals surface area contributed by atoms with Gasteiger partial charge in [0.25, 0.3) is 0 Å². The van der Waals surface area contributed by atoms with E-state index in [2.05, 4.69) is 23.4 Å². The second-order valence-electron chi connectivity index (χ2n) is 3.09. The van der Waals surface area contributed by atoms with Gasteiger partial charge in [0.15, 0.2) is 0 Å². The Hall–Kier alpha value is -0.480. The van der Waals surface area contributed by atoms with Crippen molar-refractivity contribution in [2.45, 2.75) is 32.8 Å². The molecule has 0 aliphatic rings. The van der Waals surface area contributed by atoms with Crippen LogP contribution in [0.5, 0.6) is 0 Å². The monoisotopic (exact) mass is 186 g/mol. The van der Waals surface area contributed by atoms with Crippen molar-refractivity contribution in [3.63, 3.8) is 0 Å². The van der Waals surface area contributed by atoms with Gasteiger partial charge in [-0.15, -0.1) is 5.10 Å². The van der Waals surface area contributed by atoms with Crippen LogP contribution in [-0.2, 0) is 0 Å². The fraction of sp³-hybridized carbons (Fsp3) is 0.750.